The van der Waals surface area contributed by atoms with Crippen molar-refractivity contribution < 1.29 is 18.0 Å². The minimum Gasteiger partial charge on any atom is -0.352 e. The van der Waals surface area contributed by atoms with Gasteiger partial charge in [-0.05, 0) is 55.3 Å². The fourth-order valence-electron chi connectivity index (χ4n) is 3.98. The number of hydrogen-bond donors (Lipinski definition) is 1. The summed E-state index contributed by atoms with van der Waals surface area (Å²) in [6, 6.07) is 20.0. The van der Waals surface area contributed by atoms with Crippen molar-refractivity contribution in [2.24, 2.45) is 0 Å². The molecule has 0 aliphatic heterocycles. The van der Waals surface area contributed by atoms with E-state index in [0.717, 1.165) is 26.2 Å². The molecule has 1 atom stereocenters. The van der Waals surface area contributed by atoms with E-state index in [1.54, 1.807) is 0 Å². The number of nitrogens with one attached hydrogen (secondary N) is 1. The molecule has 0 saturated carbocycles. The van der Waals surface area contributed by atoms with E-state index in [1.165, 1.54) is 23.1 Å². The Morgan fingerprint density at radius 2 is 1.56 bits per heavy atom. The third-order valence-electron chi connectivity index (χ3n) is 5.84. The predicted octanol–water partition coefficient (Wildman–Crippen LogP) is 5.69. The van der Waals surface area contributed by atoms with Crippen molar-refractivity contribution in [1.82, 2.24) is 10.2 Å². The Bertz CT molecular complexity index is 1400. The zero-order chi connectivity index (χ0) is 28.7. The quantitative estimate of drug-likeness (QED) is 0.288. The molecular weight excluding hydrogens is 625 g/mol. The van der Waals surface area contributed by atoms with Gasteiger partial charge in [-0.3, -0.25) is 13.9 Å². The van der Waals surface area contributed by atoms with Crippen molar-refractivity contribution in [3.8, 4) is 0 Å². The second-order valence-corrected chi connectivity index (χ2v) is 13.0. The van der Waals surface area contributed by atoms with Crippen LogP contribution >= 0.6 is 39.1 Å². The van der Waals surface area contributed by atoms with Crippen molar-refractivity contribution in [2.45, 2.75) is 38.9 Å². The Morgan fingerprint density at radius 3 is 2.13 bits per heavy atom. The monoisotopic (exact) mass is 653 g/mol. The molecule has 0 bridgehead atoms. The van der Waals surface area contributed by atoms with Gasteiger partial charge in [-0.15, -0.1) is 0 Å². The zero-order valence-corrected chi connectivity index (χ0v) is 25.7. The molecule has 3 aromatic carbocycles. The maximum atomic E-state index is 14.0. The van der Waals surface area contributed by atoms with Gasteiger partial charge in [0.1, 0.15) is 12.6 Å². The van der Waals surface area contributed by atoms with E-state index in [9.17, 15) is 18.0 Å². The molecular formula is C28H30BrCl2N3O4S. The maximum absolute atomic E-state index is 14.0. The molecule has 0 spiro atoms. The van der Waals surface area contributed by atoms with Crippen LogP contribution in [0.4, 0.5) is 5.69 Å². The summed E-state index contributed by atoms with van der Waals surface area (Å²) in [7, 11) is -3.90. The third kappa shape index (κ3) is 8.96. The lowest BCUT2D eigenvalue weighted by molar-refractivity contribution is -0.140. The van der Waals surface area contributed by atoms with Gasteiger partial charge in [0.25, 0.3) is 0 Å². The highest BCUT2D eigenvalue weighted by atomic mass is 79.9. The average Bonchev–Trinajstić information content (AvgIpc) is 2.87. The van der Waals surface area contributed by atoms with Crippen LogP contribution in [0.5, 0.6) is 0 Å². The van der Waals surface area contributed by atoms with Gasteiger partial charge in [-0.2, -0.15) is 0 Å². The van der Waals surface area contributed by atoms with E-state index >= 15 is 0 Å². The molecule has 11 heteroatoms. The van der Waals surface area contributed by atoms with Crippen LogP contribution in [0.1, 0.15) is 25.0 Å². The number of nitrogens with zero attached hydrogens (tertiary/aromatic N) is 2. The Morgan fingerprint density at radius 1 is 0.923 bits per heavy atom. The van der Waals surface area contributed by atoms with E-state index in [-0.39, 0.29) is 40.6 Å². The average molecular weight is 655 g/mol. The standard InChI is InChI=1S/C28H30BrCl2N3O4S/c1-19(2)32-28(36)26(15-20-7-5-4-6-8-20)33(17-21-9-11-22(29)12-10-21)27(35)18-34(39(3,37)38)23-13-14-24(30)25(31)16-23/h4-14,16,19,26H,15,17-18H2,1-3H3,(H,32,36)/t26-/m0/s1. The molecule has 2 amide bonds. The van der Waals surface area contributed by atoms with E-state index < -0.39 is 28.5 Å². The van der Waals surface area contributed by atoms with Crippen LogP contribution < -0.4 is 9.62 Å². The van der Waals surface area contributed by atoms with E-state index in [1.807, 2.05) is 68.4 Å². The number of anilines is 1. The number of sulfonamides is 1. The lowest BCUT2D eigenvalue weighted by Gasteiger charge is -2.34. The van der Waals surface area contributed by atoms with Crippen LogP contribution in [-0.2, 0) is 32.6 Å². The molecule has 1 N–H and O–H groups in total. The molecule has 3 aromatic rings. The van der Waals surface area contributed by atoms with Crippen molar-refractivity contribution in [2.75, 3.05) is 17.1 Å². The van der Waals surface area contributed by atoms with Crippen molar-refractivity contribution in [1.29, 1.82) is 0 Å². The fourth-order valence-corrected chi connectivity index (χ4v) is 5.37. The number of rotatable bonds is 11. The van der Waals surface area contributed by atoms with E-state index in [4.69, 9.17) is 23.2 Å². The van der Waals surface area contributed by atoms with Gasteiger partial charge in [-0.1, -0.05) is 81.6 Å². The summed E-state index contributed by atoms with van der Waals surface area (Å²) in [4.78, 5) is 28.9. The van der Waals surface area contributed by atoms with Gasteiger partial charge in [-0.25, -0.2) is 8.42 Å². The Balaban J connectivity index is 2.06. The first kappa shape index (κ1) is 30.9. The third-order valence-corrected chi connectivity index (χ3v) is 8.25. The summed E-state index contributed by atoms with van der Waals surface area (Å²) in [5.74, 6) is -0.881. The normalized spacial score (nSPS) is 12.2. The zero-order valence-electron chi connectivity index (χ0n) is 21.8. The van der Waals surface area contributed by atoms with Crippen LogP contribution in [-0.4, -0.2) is 50.0 Å². The highest BCUT2D eigenvalue weighted by molar-refractivity contribution is 9.10. The molecule has 0 radical (unpaired) electrons. The summed E-state index contributed by atoms with van der Waals surface area (Å²) in [5, 5.41) is 3.33. The first-order valence-electron chi connectivity index (χ1n) is 12.2. The molecule has 0 aliphatic carbocycles. The summed E-state index contributed by atoms with van der Waals surface area (Å²) in [6.07, 6.45) is 1.25. The molecule has 208 valence electrons. The number of hydrogen-bond acceptors (Lipinski definition) is 4. The molecule has 39 heavy (non-hydrogen) atoms. The molecule has 0 aromatic heterocycles. The van der Waals surface area contributed by atoms with E-state index in [0.29, 0.717) is 0 Å². The first-order chi connectivity index (χ1) is 18.3. The predicted molar refractivity (Wildman–Crippen MR) is 161 cm³/mol. The largest absolute Gasteiger partial charge is 0.352 e. The lowest BCUT2D eigenvalue weighted by Crippen LogP contribution is -2.54. The molecule has 0 fully saturated rings. The second kappa shape index (κ2) is 13.7. The van der Waals surface area contributed by atoms with Crippen LogP contribution in [0, 0.1) is 0 Å². The summed E-state index contributed by atoms with van der Waals surface area (Å²) in [6.45, 7) is 3.24. The fraction of sp³-hybridized carbons (Fsp3) is 0.286. The number of benzene rings is 3. The van der Waals surface area contributed by atoms with Crippen LogP contribution in [0.25, 0.3) is 0 Å². The van der Waals surface area contributed by atoms with Crippen molar-refractivity contribution >= 4 is 66.7 Å². The minimum absolute atomic E-state index is 0.0914. The second-order valence-electron chi connectivity index (χ2n) is 9.38. The summed E-state index contributed by atoms with van der Waals surface area (Å²) in [5.41, 5.74) is 1.83. The summed E-state index contributed by atoms with van der Waals surface area (Å²) < 4.78 is 27.5. The number of halogens is 3. The van der Waals surface area contributed by atoms with Gasteiger partial charge in [0, 0.05) is 23.5 Å². The van der Waals surface area contributed by atoms with Gasteiger partial charge in [0.2, 0.25) is 21.8 Å². The topological polar surface area (TPSA) is 86.8 Å². The first-order valence-corrected chi connectivity index (χ1v) is 15.6. The minimum atomic E-state index is -3.90. The number of carbonyl (C=O) groups excluding carboxylic acids is 2. The smallest absolute Gasteiger partial charge is 0.244 e. The molecule has 7 nitrogen and oxygen atoms in total. The van der Waals surface area contributed by atoms with Crippen LogP contribution in [0.3, 0.4) is 0 Å². The highest BCUT2D eigenvalue weighted by Gasteiger charge is 2.33. The maximum Gasteiger partial charge on any atom is 0.244 e. The van der Waals surface area contributed by atoms with Gasteiger partial charge >= 0.3 is 0 Å². The Hall–Kier alpha value is -2.59. The molecule has 0 aliphatic rings. The van der Waals surface area contributed by atoms with Gasteiger partial charge < -0.3 is 10.2 Å². The molecule has 0 saturated heterocycles. The van der Waals surface area contributed by atoms with Crippen molar-refractivity contribution in [3.63, 3.8) is 0 Å². The summed E-state index contributed by atoms with van der Waals surface area (Å²) >= 11 is 15.6. The van der Waals surface area contributed by atoms with Crippen LogP contribution in [0.2, 0.25) is 10.0 Å². The number of carbonyl (C=O) groups is 2. The highest BCUT2D eigenvalue weighted by Crippen LogP contribution is 2.29. The molecule has 3 rings (SSSR count). The van der Waals surface area contributed by atoms with Gasteiger partial charge in [0.15, 0.2) is 0 Å². The van der Waals surface area contributed by atoms with Crippen molar-refractivity contribution in [3.05, 3.63) is 98.4 Å². The number of amides is 2. The SMILES string of the molecule is CC(C)NC(=O)[C@H](Cc1ccccc1)N(Cc1ccc(Br)cc1)C(=O)CN(c1ccc(Cl)c(Cl)c1)S(C)(=O)=O. The van der Waals surface area contributed by atoms with Gasteiger partial charge in [0.05, 0.1) is 22.0 Å². The Kier molecular flexibility index (Phi) is 10.8. The lowest BCUT2D eigenvalue weighted by atomic mass is 10.0. The molecule has 0 heterocycles. The Labute approximate surface area is 248 Å². The van der Waals surface area contributed by atoms with Crippen LogP contribution in [0.15, 0.2) is 77.3 Å². The molecule has 0 unspecified atom stereocenters. The van der Waals surface area contributed by atoms with E-state index in [2.05, 4.69) is 21.2 Å².